The Bertz CT molecular complexity index is 1230. The number of hydrogen-bond donors (Lipinski definition) is 2. The molecule has 1 aliphatic heterocycles. The number of ether oxygens (including phenoxy) is 2. The summed E-state index contributed by atoms with van der Waals surface area (Å²) in [7, 11) is 1.15. The Morgan fingerprint density at radius 2 is 1.83 bits per heavy atom. The van der Waals surface area contributed by atoms with Crippen molar-refractivity contribution >= 4 is 58.4 Å². The van der Waals surface area contributed by atoms with E-state index < -0.39 is 23.7 Å². The number of methoxy groups -OCH3 is 1. The second-order valence-electron chi connectivity index (χ2n) is 7.77. The Labute approximate surface area is 222 Å². The lowest BCUT2D eigenvalue weighted by molar-refractivity contribution is -0.150. The number of amides is 2. The number of halogens is 2. The summed E-state index contributed by atoms with van der Waals surface area (Å²) in [6.07, 6.45) is 0. The quantitative estimate of drug-likeness (QED) is 0.359. The number of rotatable bonds is 8. The highest BCUT2D eigenvalue weighted by Gasteiger charge is 2.44. The number of hydrogen-bond acceptors (Lipinski definition) is 7. The highest BCUT2D eigenvalue weighted by Crippen LogP contribution is 2.44. The normalized spacial score (nSPS) is 17.2. The molecule has 2 aromatic rings. The van der Waals surface area contributed by atoms with Crippen LogP contribution in [0.2, 0.25) is 10.0 Å². The highest BCUT2D eigenvalue weighted by molar-refractivity contribution is 8.03. The second-order valence-corrected chi connectivity index (χ2v) is 9.57. The summed E-state index contributed by atoms with van der Waals surface area (Å²) in [4.78, 5) is 38.1. The van der Waals surface area contributed by atoms with Crippen LogP contribution in [0.3, 0.4) is 0 Å². The summed E-state index contributed by atoms with van der Waals surface area (Å²) in [5, 5.41) is 15.9. The minimum atomic E-state index is -1.36. The van der Waals surface area contributed by atoms with Gasteiger partial charge in [-0.3, -0.25) is 14.4 Å². The van der Waals surface area contributed by atoms with E-state index in [1.807, 2.05) is 19.1 Å². The van der Waals surface area contributed by atoms with Gasteiger partial charge in [0.25, 0.3) is 0 Å². The number of anilines is 1. The van der Waals surface area contributed by atoms with Gasteiger partial charge < -0.3 is 20.1 Å². The monoisotopic (exact) mass is 547 g/mol. The Kier molecular flexibility index (Phi) is 9.26. The summed E-state index contributed by atoms with van der Waals surface area (Å²) in [5.74, 6) is -4.06. The molecule has 0 bridgehead atoms. The zero-order valence-electron chi connectivity index (χ0n) is 19.7. The van der Waals surface area contributed by atoms with Crippen molar-refractivity contribution in [3.63, 3.8) is 0 Å². The molecular weight excluding hydrogens is 525 g/mol. The summed E-state index contributed by atoms with van der Waals surface area (Å²) in [6, 6.07) is 12.4. The van der Waals surface area contributed by atoms with Crippen LogP contribution in [-0.4, -0.2) is 37.3 Å². The van der Waals surface area contributed by atoms with E-state index in [-0.39, 0.29) is 38.1 Å². The standard InChI is InChI=1S/C25H23Cl2N3O5S/c1-4-35-22-17(26)9-14(10-18(22)27)20-16(11-28)24(30-23(32)21(20)25(33)34-3)36-12-19(31)29-15-7-5-13(2)6-8-15/h5-10,20-21H,4,12H2,1-3H3,(H,29,31)(H,30,32)/t20-,21+/m1/s1. The molecule has 0 fully saturated rings. The van der Waals surface area contributed by atoms with E-state index in [0.29, 0.717) is 17.9 Å². The zero-order chi connectivity index (χ0) is 26.4. The number of esters is 1. The van der Waals surface area contributed by atoms with Gasteiger partial charge in [0.1, 0.15) is 5.92 Å². The van der Waals surface area contributed by atoms with Gasteiger partial charge in [-0.05, 0) is 43.7 Å². The molecule has 0 unspecified atom stereocenters. The lowest BCUT2D eigenvalue weighted by atomic mass is 9.78. The third kappa shape index (κ3) is 6.13. The van der Waals surface area contributed by atoms with E-state index in [1.54, 1.807) is 19.1 Å². The van der Waals surface area contributed by atoms with Crippen LogP contribution in [0.4, 0.5) is 5.69 Å². The lowest BCUT2D eigenvalue weighted by Gasteiger charge is -2.31. The molecular formula is C25H23Cl2N3O5S. The predicted molar refractivity (Wildman–Crippen MR) is 139 cm³/mol. The fourth-order valence-corrected chi connectivity index (χ4v) is 5.15. The number of carbonyl (C=O) groups is 3. The van der Waals surface area contributed by atoms with Crippen LogP contribution in [0.25, 0.3) is 0 Å². The molecule has 2 N–H and O–H groups in total. The van der Waals surface area contributed by atoms with Crippen LogP contribution >= 0.6 is 35.0 Å². The van der Waals surface area contributed by atoms with Crippen molar-refractivity contribution in [2.75, 3.05) is 24.8 Å². The fraction of sp³-hybridized carbons (Fsp3) is 0.280. The van der Waals surface area contributed by atoms with Crippen LogP contribution in [0.1, 0.15) is 24.0 Å². The molecule has 0 spiro atoms. The molecule has 8 nitrogen and oxygen atoms in total. The number of nitrogens with one attached hydrogen (secondary N) is 2. The largest absolute Gasteiger partial charge is 0.491 e. The minimum absolute atomic E-state index is 0.0782. The number of nitriles is 1. The second kappa shape index (κ2) is 12.2. The molecule has 1 heterocycles. The first-order valence-electron chi connectivity index (χ1n) is 10.8. The van der Waals surface area contributed by atoms with E-state index in [1.165, 1.54) is 12.1 Å². The van der Waals surface area contributed by atoms with Gasteiger partial charge in [0.05, 0.1) is 46.2 Å². The first kappa shape index (κ1) is 27.4. The third-order valence-corrected chi connectivity index (χ3v) is 6.91. The van der Waals surface area contributed by atoms with Gasteiger partial charge in [0, 0.05) is 11.6 Å². The molecule has 11 heteroatoms. The van der Waals surface area contributed by atoms with Crippen molar-refractivity contribution in [2.45, 2.75) is 19.8 Å². The zero-order valence-corrected chi connectivity index (χ0v) is 22.0. The molecule has 0 radical (unpaired) electrons. The van der Waals surface area contributed by atoms with Crippen LogP contribution in [0.5, 0.6) is 5.75 Å². The number of benzene rings is 2. The maximum absolute atomic E-state index is 13.0. The molecule has 2 aromatic carbocycles. The van der Waals surface area contributed by atoms with Crippen molar-refractivity contribution < 1.29 is 23.9 Å². The molecule has 2 atom stereocenters. The average Bonchev–Trinajstić information content (AvgIpc) is 2.85. The van der Waals surface area contributed by atoms with E-state index >= 15 is 0 Å². The molecule has 3 rings (SSSR count). The lowest BCUT2D eigenvalue weighted by Crippen LogP contribution is -2.44. The number of allylic oxidation sites excluding steroid dienone is 1. The van der Waals surface area contributed by atoms with E-state index in [4.69, 9.17) is 32.7 Å². The summed E-state index contributed by atoms with van der Waals surface area (Å²) >= 11 is 13.7. The number of aryl methyl sites for hydroxylation is 1. The summed E-state index contributed by atoms with van der Waals surface area (Å²) in [6.45, 7) is 4.03. The predicted octanol–water partition coefficient (Wildman–Crippen LogP) is 4.81. The fourth-order valence-electron chi connectivity index (χ4n) is 3.69. The first-order chi connectivity index (χ1) is 17.2. The van der Waals surface area contributed by atoms with Crippen molar-refractivity contribution in [1.29, 1.82) is 5.26 Å². The molecule has 36 heavy (non-hydrogen) atoms. The van der Waals surface area contributed by atoms with Gasteiger partial charge in [0.2, 0.25) is 11.8 Å². The molecule has 2 amide bonds. The van der Waals surface area contributed by atoms with Crippen molar-refractivity contribution in [1.82, 2.24) is 5.32 Å². The first-order valence-corrected chi connectivity index (χ1v) is 12.6. The molecule has 0 saturated carbocycles. The van der Waals surface area contributed by atoms with Crippen LogP contribution in [-0.2, 0) is 19.1 Å². The van der Waals surface area contributed by atoms with Crippen LogP contribution in [0.15, 0.2) is 47.0 Å². The van der Waals surface area contributed by atoms with E-state index in [2.05, 4.69) is 16.7 Å². The highest BCUT2D eigenvalue weighted by atomic mass is 35.5. The average molecular weight is 548 g/mol. The maximum atomic E-state index is 13.0. The van der Waals surface area contributed by atoms with Gasteiger partial charge in [0.15, 0.2) is 5.75 Å². The van der Waals surface area contributed by atoms with Gasteiger partial charge in [-0.2, -0.15) is 5.26 Å². The number of nitrogens with zero attached hydrogens (tertiary/aromatic N) is 1. The van der Waals surface area contributed by atoms with E-state index in [9.17, 15) is 19.6 Å². The molecule has 0 saturated heterocycles. The topological polar surface area (TPSA) is 118 Å². The van der Waals surface area contributed by atoms with Gasteiger partial charge >= 0.3 is 5.97 Å². The minimum Gasteiger partial charge on any atom is -0.491 e. The van der Waals surface area contributed by atoms with Crippen molar-refractivity contribution in [3.8, 4) is 11.8 Å². The SMILES string of the molecule is CCOc1c(Cl)cc([C@@H]2C(C#N)=C(SCC(=O)Nc3ccc(C)cc3)NC(=O)[C@H]2C(=O)OC)cc1Cl. The molecule has 0 aromatic heterocycles. The molecule has 188 valence electrons. The van der Waals surface area contributed by atoms with Gasteiger partial charge in [-0.25, -0.2) is 0 Å². The Morgan fingerprint density at radius 3 is 2.39 bits per heavy atom. The number of thioether (sulfide) groups is 1. The molecule has 0 aliphatic carbocycles. The summed E-state index contributed by atoms with van der Waals surface area (Å²) < 4.78 is 10.3. The Hall–Kier alpha value is -3.19. The van der Waals surface area contributed by atoms with Crippen molar-refractivity contribution in [2.24, 2.45) is 5.92 Å². The van der Waals surface area contributed by atoms with E-state index in [0.717, 1.165) is 24.4 Å². The summed E-state index contributed by atoms with van der Waals surface area (Å²) in [5.41, 5.74) is 2.11. The smallest absolute Gasteiger partial charge is 0.319 e. The maximum Gasteiger partial charge on any atom is 0.319 e. The van der Waals surface area contributed by atoms with Crippen LogP contribution in [0, 0.1) is 24.2 Å². The van der Waals surface area contributed by atoms with Crippen molar-refractivity contribution in [3.05, 3.63) is 68.2 Å². The van der Waals surface area contributed by atoms with Crippen LogP contribution < -0.4 is 15.4 Å². The number of carbonyl (C=O) groups excluding carboxylic acids is 3. The Morgan fingerprint density at radius 1 is 1.19 bits per heavy atom. The third-order valence-electron chi connectivity index (χ3n) is 5.34. The molecule has 1 aliphatic rings. The van der Waals surface area contributed by atoms with Gasteiger partial charge in [-0.1, -0.05) is 52.7 Å². The Balaban J connectivity index is 1.96. The van der Waals surface area contributed by atoms with Gasteiger partial charge in [-0.15, -0.1) is 0 Å².